The van der Waals surface area contributed by atoms with Gasteiger partial charge in [-0.15, -0.1) is 0 Å². The smallest absolute Gasteiger partial charge is 0.416 e. The predicted octanol–water partition coefficient (Wildman–Crippen LogP) is 3.34. The maximum Gasteiger partial charge on any atom is 0.416 e. The lowest BCUT2D eigenvalue weighted by Crippen LogP contribution is -2.30. The Bertz CT molecular complexity index is 895. The van der Waals surface area contributed by atoms with Crippen molar-refractivity contribution in [1.29, 1.82) is 5.41 Å². The first-order valence-corrected chi connectivity index (χ1v) is 8.08. The molecule has 0 radical (unpaired) electrons. The topological polar surface area (TPSA) is 83.8 Å². The molecule has 0 spiro atoms. The van der Waals surface area contributed by atoms with E-state index in [2.05, 4.69) is 10.5 Å². The first-order valence-electron chi connectivity index (χ1n) is 8.08. The van der Waals surface area contributed by atoms with E-state index in [9.17, 15) is 18.0 Å². The third kappa shape index (κ3) is 5.09. The fourth-order valence-electron chi connectivity index (χ4n) is 2.38. The second kappa shape index (κ2) is 9.03. The highest BCUT2D eigenvalue weighted by molar-refractivity contribution is 6.46. The van der Waals surface area contributed by atoms with Crippen molar-refractivity contribution in [3.63, 3.8) is 0 Å². The Kier molecular flexibility index (Phi) is 6.75. The molecule has 0 aliphatic rings. The minimum atomic E-state index is -4.46. The summed E-state index contributed by atoms with van der Waals surface area (Å²) in [6, 6.07) is 11.0. The summed E-state index contributed by atoms with van der Waals surface area (Å²) in [5, 5.41) is 14.3. The van der Waals surface area contributed by atoms with E-state index in [4.69, 9.17) is 15.0 Å². The van der Waals surface area contributed by atoms with Crippen LogP contribution in [0.25, 0.3) is 0 Å². The normalized spacial score (nSPS) is 11.7. The van der Waals surface area contributed by atoms with Crippen LogP contribution in [0.3, 0.4) is 0 Å². The standard InChI is InChI=1S/C19H18F3N3O3/c1-24-18(26)16(25-27-2)14-8-3-4-9-15(14)17(23)28-11-12-6-5-7-13(10-12)19(20,21)22/h3-10,23H,11H2,1-2H3,(H,24,26)/b23-17?,25-16-. The zero-order chi connectivity index (χ0) is 20.7. The lowest BCUT2D eigenvalue weighted by molar-refractivity contribution is -0.137. The Morgan fingerprint density at radius 2 is 1.82 bits per heavy atom. The van der Waals surface area contributed by atoms with E-state index in [-0.39, 0.29) is 34.9 Å². The van der Waals surface area contributed by atoms with Gasteiger partial charge in [0.05, 0.1) is 5.56 Å². The Morgan fingerprint density at radius 1 is 1.14 bits per heavy atom. The number of carbonyl (C=O) groups is 1. The molecule has 0 aliphatic carbocycles. The van der Waals surface area contributed by atoms with Crippen molar-refractivity contribution in [3.05, 3.63) is 70.8 Å². The number of alkyl halides is 3. The highest BCUT2D eigenvalue weighted by Gasteiger charge is 2.30. The van der Waals surface area contributed by atoms with Crippen LogP contribution in [0.5, 0.6) is 0 Å². The highest BCUT2D eigenvalue weighted by Crippen LogP contribution is 2.29. The third-order valence-corrected chi connectivity index (χ3v) is 3.69. The summed E-state index contributed by atoms with van der Waals surface area (Å²) < 4.78 is 43.8. The Hall–Kier alpha value is -3.36. The summed E-state index contributed by atoms with van der Waals surface area (Å²) in [6.07, 6.45) is -4.46. The Morgan fingerprint density at radius 3 is 2.43 bits per heavy atom. The molecule has 0 heterocycles. The summed E-state index contributed by atoms with van der Waals surface area (Å²) in [6.45, 7) is -0.242. The molecule has 6 nitrogen and oxygen atoms in total. The molecule has 0 saturated heterocycles. The maximum absolute atomic E-state index is 12.8. The number of amides is 1. The maximum atomic E-state index is 12.8. The number of rotatable bonds is 6. The van der Waals surface area contributed by atoms with E-state index in [1.54, 1.807) is 18.2 Å². The van der Waals surface area contributed by atoms with Gasteiger partial charge in [-0.2, -0.15) is 13.2 Å². The first kappa shape index (κ1) is 20.9. The number of likely N-dealkylation sites (N-methyl/N-ethyl adjacent to an activating group) is 1. The molecule has 0 saturated carbocycles. The van der Waals surface area contributed by atoms with Crippen LogP contribution in [0.2, 0.25) is 0 Å². The largest absolute Gasteiger partial charge is 0.473 e. The van der Waals surface area contributed by atoms with Gasteiger partial charge in [0.1, 0.15) is 13.7 Å². The minimum absolute atomic E-state index is 0.0620. The molecule has 0 fully saturated rings. The number of halogens is 3. The SMILES string of the molecule is CNC(=O)/C(=N\OC)c1ccccc1C(=N)OCc1cccc(C(F)(F)F)c1. The molecular weight excluding hydrogens is 375 g/mol. The van der Waals surface area contributed by atoms with Gasteiger partial charge in [-0.25, -0.2) is 0 Å². The lowest BCUT2D eigenvalue weighted by atomic mass is 10.0. The fraction of sp³-hybridized carbons (Fsp3) is 0.211. The van der Waals surface area contributed by atoms with Crippen LogP contribution >= 0.6 is 0 Å². The average molecular weight is 393 g/mol. The van der Waals surface area contributed by atoms with Crippen LogP contribution in [0.1, 0.15) is 22.3 Å². The van der Waals surface area contributed by atoms with E-state index in [0.29, 0.717) is 0 Å². The van der Waals surface area contributed by atoms with Crippen molar-refractivity contribution in [3.8, 4) is 0 Å². The van der Waals surface area contributed by atoms with Crippen LogP contribution in [-0.4, -0.2) is 31.7 Å². The summed E-state index contributed by atoms with van der Waals surface area (Å²) in [7, 11) is 2.70. The van der Waals surface area contributed by atoms with Gasteiger partial charge in [0.2, 0.25) is 5.90 Å². The number of hydrogen-bond donors (Lipinski definition) is 2. The van der Waals surface area contributed by atoms with Gasteiger partial charge >= 0.3 is 6.18 Å². The van der Waals surface area contributed by atoms with Gasteiger partial charge in [-0.1, -0.05) is 35.5 Å². The van der Waals surface area contributed by atoms with Crippen LogP contribution in [-0.2, 0) is 27.2 Å². The molecule has 0 aliphatic heterocycles. The van der Waals surface area contributed by atoms with E-state index in [1.807, 2.05) is 0 Å². The van der Waals surface area contributed by atoms with Gasteiger partial charge in [-0.05, 0) is 23.8 Å². The number of ether oxygens (including phenoxy) is 1. The predicted molar refractivity (Wildman–Crippen MR) is 97.1 cm³/mol. The molecule has 2 rings (SSSR count). The van der Waals surface area contributed by atoms with E-state index in [1.165, 1.54) is 32.4 Å². The molecular formula is C19H18F3N3O3. The number of oxime groups is 1. The Labute approximate surface area is 159 Å². The molecule has 28 heavy (non-hydrogen) atoms. The van der Waals surface area contributed by atoms with E-state index >= 15 is 0 Å². The molecule has 2 aromatic rings. The zero-order valence-electron chi connectivity index (χ0n) is 15.1. The molecule has 0 aromatic heterocycles. The number of nitrogens with zero attached hydrogens (tertiary/aromatic N) is 1. The van der Waals surface area contributed by atoms with Gasteiger partial charge in [-0.3, -0.25) is 10.2 Å². The van der Waals surface area contributed by atoms with Gasteiger partial charge < -0.3 is 14.9 Å². The monoisotopic (exact) mass is 393 g/mol. The fourth-order valence-corrected chi connectivity index (χ4v) is 2.38. The van der Waals surface area contributed by atoms with E-state index < -0.39 is 17.6 Å². The van der Waals surface area contributed by atoms with Crippen molar-refractivity contribution >= 4 is 17.5 Å². The summed E-state index contributed by atoms with van der Waals surface area (Å²) in [4.78, 5) is 16.7. The molecule has 0 unspecified atom stereocenters. The summed E-state index contributed by atoms with van der Waals surface area (Å²) >= 11 is 0. The van der Waals surface area contributed by atoms with Crippen molar-refractivity contribution in [1.82, 2.24) is 5.32 Å². The molecule has 2 aromatic carbocycles. The summed E-state index contributed by atoms with van der Waals surface area (Å²) in [5.41, 5.74) is -0.0663. The second-order valence-electron chi connectivity index (χ2n) is 5.56. The van der Waals surface area contributed by atoms with Crippen molar-refractivity contribution in [2.24, 2.45) is 5.16 Å². The average Bonchev–Trinajstić information content (AvgIpc) is 2.69. The molecule has 9 heteroatoms. The highest BCUT2D eigenvalue weighted by atomic mass is 19.4. The molecule has 0 bridgehead atoms. The van der Waals surface area contributed by atoms with Crippen LogP contribution in [0, 0.1) is 5.41 Å². The van der Waals surface area contributed by atoms with Crippen molar-refractivity contribution < 1.29 is 27.5 Å². The van der Waals surface area contributed by atoms with Crippen LogP contribution in [0.15, 0.2) is 53.7 Å². The van der Waals surface area contributed by atoms with Crippen LogP contribution < -0.4 is 5.32 Å². The van der Waals surface area contributed by atoms with Crippen molar-refractivity contribution in [2.45, 2.75) is 12.8 Å². The quantitative estimate of drug-likeness (QED) is 0.449. The van der Waals surface area contributed by atoms with E-state index in [0.717, 1.165) is 12.1 Å². The van der Waals surface area contributed by atoms with Gasteiger partial charge in [0.15, 0.2) is 5.71 Å². The molecule has 148 valence electrons. The minimum Gasteiger partial charge on any atom is -0.473 e. The second-order valence-corrected chi connectivity index (χ2v) is 5.56. The van der Waals surface area contributed by atoms with Crippen molar-refractivity contribution in [2.75, 3.05) is 14.2 Å². The third-order valence-electron chi connectivity index (χ3n) is 3.69. The number of benzene rings is 2. The molecule has 1 amide bonds. The molecule has 0 atom stereocenters. The Balaban J connectivity index is 2.24. The lowest BCUT2D eigenvalue weighted by Gasteiger charge is -2.13. The zero-order valence-corrected chi connectivity index (χ0v) is 15.1. The number of nitrogens with one attached hydrogen (secondary N) is 2. The number of hydrogen-bond acceptors (Lipinski definition) is 5. The summed E-state index contributed by atoms with van der Waals surface area (Å²) in [5.74, 6) is -0.847. The number of carbonyl (C=O) groups excluding carboxylic acids is 1. The van der Waals surface area contributed by atoms with Gasteiger partial charge in [0, 0.05) is 18.2 Å². The van der Waals surface area contributed by atoms with Crippen LogP contribution in [0.4, 0.5) is 13.2 Å². The molecule has 2 N–H and O–H groups in total. The van der Waals surface area contributed by atoms with Gasteiger partial charge in [0.25, 0.3) is 5.91 Å². The first-order chi connectivity index (χ1) is 13.3.